The minimum Gasteiger partial charge on any atom is -0.379 e. The monoisotopic (exact) mass is 459 g/mol. The summed E-state index contributed by atoms with van der Waals surface area (Å²) in [5, 5.41) is 5.14. The second-order valence-electron chi connectivity index (χ2n) is 7.42. The second-order valence-corrected chi connectivity index (χ2v) is 10.5. The first-order valence-corrected chi connectivity index (χ1v) is 12.5. The molecular weight excluding hydrogens is 433 g/mol. The smallest absolute Gasteiger partial charge is 0.265 e. The van der Waals surface area contributed by atoms with E-state index in [1.165, 1.54) is 30.7 Å². The summed E-state index contributed by atoms with van der Waals surface area (Å²) in [5.41, 5.74) is 0.429. The average molecular weight is 460 g/mol. The van der Waals surface area contributed by atoms with Crippen LogP contribution in [0.5, 0.6) is 0 Å². The maximum atomic E-state index is 14.7. The van der Waals surface area contributed by atoms with Gasteiger partial charge in [-0.15, -0.1) is 0 Å². The van der Waals surface area contributed by atoms with Crippen molar-refractivity contribution in [2.45, 2.75) is 55.5 Å². The van der Waals surface area contributed by atoms with Gasteiger partial charge in [0.25, 0.3) is 10.0 Å². The molecule has 1 aliphatic carbocycles. The molecule has 1 saturated heterocycles. The lowest BCUT2D eigenvalue weighted by Crippen LogP contribution is -2.47. The molecule has 3 rings (SSSR count). The van der Waals surface area contributed by atoms with Crippen molar-refractivity contribution in [1.29, 1.82) is 0 Å². The Balaban J connectivity index is 1.79. The molecule has 160 valence electrons. The Labute approximate surface area is 181 Å². The van der Waals surface area contributed by atoms with Crippen LogP contribution in [0.15, 0.2) is 40.6 Å². The van der Waals surface area contributed by atoms with E-state index in [0.29, 0.717) is 11.7 Å². The Morgan fingerprint density at radius 1 is 1.24 bits per heavy atom. The van der Waals surface area contributed by atoms with E-state index in [9.17, 15) is 12.8 Å². The Morgan fingerprint density at radius 2 is 1.93 bits per heavy atom. The Bertz CT molecular complexity index is 873. The molecule has 1 saturated carbocycles. The van der Waals surface area contributed by atoms with Crippen molar-refractivity contribution in [3.8, 4) is 0 Å². The molecule has 1 aromatic carbocycles. The molecule has 1 aromatic rings. The van der Waals surface area contributed by atoms with Crippen molar-refractivity contribution in [3.63, 3.8) is 0 Å². The third kappa shape index (κ3) is 5.48. The quantitative estimate of drug-likeness (QED) is 0.577. The molecule has 0 aromatic heterocycles. The number of nitrogens with one attached hydrogen (secondary N) is 2. The van der Waals surface area contributed by atoms with Gasteiger partial charge in [-0.3, -0.25) is 9.62 Å². The van der Waals surface area contributed by atoms with E-state index in [1.807, 2.05) is 0 Å². The average Bonchev–Trinajstić information content (AvgIpc) is 3.19. The van der Waals surface area contributed by atoms with Gasteiger partial charge in [-0.1, -0.05) is 49.4 Å². The van der Waals surface area contributed by atoms with Crippen LogP contribution in [0.3, 0.4) is 0 Å². The Kier molecular flexibility index (Phi) is 7.53. The van der Waals surface area contributed by atoms with Gasteiger partial charge < -0.3 is 5.32 Å². The van der Waals surface area contributed by atoms with Crippen molar-refractivity contribution in [2.75, 3.05) is 18.4 Å². The van der Waals surface area contributed by atoms with Crippen molar-refractivity contribution in [3.05, 3.63) is 46.6 Å². The lowest BCUT2D eigenvalue weighted by Gasteiger charge is -2.39. The highest BCUT2D eigenvalue weighted by Crippen LogP contribution is 2.33. The van der Waals surface area contributed by atoms with E-state index >= 15 is 0 Å². The molecule has 0 bridgehead atoms. The normalized spacial score (nSPS) is 23.0. The van der Waals surface area contributed by atoms with Crippen molar-refractivity contribution >= 4 is 39.1 Å². The summed E-state index contributed by atoms with van der Waals surface area (Å²) in [6, 6.07) is 2.90. The molecule has 2 fully saturated rings. The van der Waals surface area contributed by atoms with Crippen molar-refractivity contribution in [2.24, 2.45) is 0 Å². The third-order valence-electron chi connectivity index (χ3n) is 5.46. The predicted octanol–water partition coefficient (Wildman–Crippen LogP) is 4.92. The second kappa shape index (κ2) is 9.73. The number of halogens is 2. The zero-order chi connectivity index (χ0) is 21.0. The van der Waals surface area contributed by atoms with Crippen molar-refractivity contribution in [1.82, 2.24) is 9.62 Å². The van der Waals surface area contributed by atoms with Crippen LogP contribution >= 0.6 is 23.4 Å². The SMILES string of the molecule is C=CSC(=C)NS(=O)(=O)c1cc(Cl)c(N[C@@H]2CCCC[C@H]2N2CCCC2)cc1F. The summed E-state index contributed by atoms with van der Waals surface area (Å²) >= 11 is 7.36. The first kappa shape index (κ1) is 22.5. The molecule has 29 heavy (non-hydrogen) atoms. The number of nitrogens with zero attached hydrogens (tertiary/aromatic N) is 1. The molecule has 5 nitrogen and oxygen atoms in total. The van der Waals surface area contributed by atoms with E-state index in [4.69, 9.17) is 11.6 Å². The Hall–Kier alpha value is -1.22. The van der Waals surface area contributed by atoms with Crippen LogP contribution in [0.2, 0.25) is 5.02 Å². The van der Waals surface area contributed by atoms with Crippen molar-refractivity contribution < 1.29 is 12.8 Å². The summed E-state index contributed by atoms with van der Waals surface area (Å²) in [6.07, 6.45) is 6.83. The number of hydrogen-bond donors (Lipinski definition) is 2. The topological polar surface area (TPSA) is 61.4 Å². The van der Waals surface area contributed by atoms with Gasteiger partial charge in [-0.05, 0) is 56.3 Å². The van der Waals surface area contributed by atoms with Gasteiger partial charge in [0.1, 0.15) is 10.7 Å². The molecular formula is C20H27ClFN3O2S2. The molecule has 0 radical (unpaired) electrons. The largest absolute Gasteiger partial charge is 0.379 e. The lowest BCUT2D eigenvalue weighted by molar-refractivity contribution is 0.177. The summed E-state index contributed by atoms with van der Waals surface area (Å²) in [6.45, 7) is 9.27. The molecule has 1 aliphatic heterocycles. The van der Waals surface area contributed by atoms with Gasteiger partial charge in [0.2, 0.25) is 0 Å². The van der Waals surface area contributed by atoms with E-state index in [1.54, 1.807) is 0 Å². The molecule has 2 aliphatic rings. The summed E-state index contributed by atoms with van der Waals surface area (Å²) < 4.78 is 41.9. The van der Waals surface area contributed by atoms with Gasteiger partial charge in [0.05, 0.1) is 15.7 Å². The van der Waals surface area contributed by atoms with E-state index < -0.39 is 20.7 Å². The number of likely N-dealkylation sites (tertiary alicyclic amines) is 1. The minimum atomic E-state index is -4.12. The van der Waals surface area contributed by atoms with Crippen LogP contribution in [0.25, 0.3) is 0 Å². The van der Waals surface area contributed by atoms with Crippen LogP contribution < -0.4 is 10.0 Å². The lowest BCUT2D eigenvalue weighted by atomic mass is 9.89. The fourth-order valence-electron chi connectivity index (χ4n) is 4.16. The first-order valence-electron chi connectivity index (χ1n) is 9.81. The fraction of sp³-hybridized carbons (Fsp3) is 0.500. The van der Waals surface area contributed by atoms with E-state index in [2.05, 4.69) is 28.1 Å². The van der Waals surface area contributed by atoms with Crippen LogP contribution in [-0.4, -0.2) is 38.5 Å². The van der Waals surface area contributed by atoms with Gasteiger partial charge in [0.15, 0.2) is 0 Å². The van der Waals surface area contributed by atoms with Gasteiger partial charge >= 0.3 is 0 Å². The maximum absolute atomic E-state index is 14.7. The summed E-state index contributed by atoms with van der Waals surface area (Å²) in [7, 11) is -4.12. The number of thioether (sulfide) groups is 1. The zero-order valence-electron chi connectivity index (χ0n) is 16.3. The fourth-order valence-corrected chi connectivity index (χ4v) is 6.17. The molecule has 0 unspecified atom stereocenters. The van der Waals surface area contributed by atoms with E-state index in [-0.39, 0.29) is 16.1 Å². The molecule has 0 amide bonds. The first-order chi connectivity index (χ1) is 13.8. The van der Waals surface area contributed by atoms with Gasteiger partial charge in [-0.25, -0.2) is 12.8 Å². The number of benzene rings is 1. The number of rotatable bonds is 8. The third-order valence-corrected chi connectivity index (χ3v) is 7.87. The molecule has 2 N–H and O–H groups in total. The Morgan fingerprint density at radius 3 is 2.62 bits per heavy atom. The molecule has 1 heterocycles. The number of anilines is 1. The van der Waals surface area contributed by atoms with Gasteiger partial charge in [0, 0.05) is 12.1 Å². The van der Waals surface area contributed by atoms with Crippen LogP contribution in [0, 0.1) is 5.82 Å². The maximum Gasteiger partial charge on any atom is 0.265 e. The zero-order valence-corrected chi connectivity index (χ0v) is 18.7. The van der Waals surface area contributed by atoms with Crippen LogP contribution in [0.1, 0.15) is 38.5 Å². The standard InChI is InChI=1S/C20H27ClFN3O2S2/c1-3-28-14(2)24-29(26,27)20-12-15(21)18(13-16(20)22)23-17-8-4-5-9-19(17)25-10-6-7-11-25/h3,12-13,17,19,23-24H,1-2,4-11H2/t17-,19-/m1/s1. The summed E-state index contributed by atoms with van der Waals surface area (Å²) in [5.74, 6) is -0.852. The van der Waals surface area contributed by atoms with Crippen LogP contribution in [-0.2, 0) is 10.0 Å². The molecule has 0 spiro atoms. The van der Waals surface area contributed by atoms with Crippen LogP contribution in [0.4, 0.5) is 10.1 Å². The predicted molar refractivity (Wildman–Crippen MR) is 119 cm³/mol. The van der Waals surface area contributed by atoms with E-state index in [0.717, 1.165) is 50.2 Å². The number of sulfonamides is 1. The number of hydrogen-bond acceptors (Lipinski definition) is 5. The highest BCUT2D eigenvalue weighted by Gasteiger charge is 2.32. The summed E-state index contributed by atoms with van der Waals surface area (Å²) in [4.78, 5) is 2.01. The minimum absolute atomic E-state index is 0.133. The highest BCUT2D eigenvalue weighted by molar-refractivity contribution is 8.06. The highest BCUT2D eigenvalue weighted by atomic mass is 35.5. The molecule has 2 atom stereocenters. The van der Waals surface area contributed by atoms with Gasteiger partial charge in [-0.2, -0.15) is 0 Å². The molecule has 9 heteroatoms.